The quantitative estimate of drug-likeness (QED) is 0.787. The van der Waals surface area contributed by atoms with E-state index in [2.05, 4.69) is 26.6 Å². The molecule has 0 unspecified atom stereocenters. The van der Waals surface area contributed by atoms with Crippen LogP contribution in [0.5, 0.6) is 0 Å². The van der Waals surface area contributed by atoms with E-state index in [0.717, 1.165) is 10.0 Å². The maximum atomic E-state index is 11.9. The number of aryl methyl sites for hydroxylation is 1. The molecule has 0 fully saturated rings. The Bertz CT molecular complexity index is 524. The van der Waals surface area contributed by atoms with Crippen LogP contribution in [0.1, 0.15) is 26.3 Å². The Labute approximate surface area is 126 Å². The fourth-order valence-electron chi connectivity index (χ4n) is 1.67. The van der Waals surface area contributed by atoms with Crippen LogP contribution >= 0.6 is 15.9 Å². The first kappa shape index (κ1) is 16.5. The predicted octanol–water partition coefficient (Wildman–Crippen LogP) is 3.38. The van der Waals surface area contributed by atoms with Crippen molar-refractivity contribution in [1.29, 1.82) is 0 Å². The van der Waals surface area contributed by atoms with Crippen LogP contribution in [0, 0.1) is 12.3 Å². The summed E-state index contributed by atoms with van der Waals surface area (Å²) in [6, 6.07) is 4.00. The Morgan fingerprint density at radius 1 is 1.30 bits per heavy atom. The van der Waals surface area contributed by atoms with Crippen molar-refractivity contribution < 1.29 is 14.7 Å². The van der Waals surface area contributed by atoms with E-state index in [1.54, 1.807) is 26.8 Å². The number of anilines is 1. The second kappa shape index (κ2) is 6.26. The van der Waals surface area contributed by atoms with E-state index in [4.69, 9.17) is 0 Å². The summed E-state index contributed by atoms with van der Waals surface area (Å²) in [6.07, 6.45) is 0. The average molecular weight is 343 g/mol. The highest BCUT2D eigenvalue weighted by Crippen LogP contribution is 2.22. The van der Waals surface area contributed by atoms with E-state index >= 15 is 0 Å². The number of rotatable bonds is 3. The van der Waals surface area contributed by atoms with Crippen LogP contribution in [0.2, 0.25) is 0 Å². The maximum Gasteiger partial charge on any atom is 0.326 e. The molecule has 5 nitrogen and oxygen atoms in total. The topological polar surface area (TPSA) is 78.4 Å². The molecule has 1 aromatic rings. The Balaban J connectivity index is 2.81. The number of carbonyl (C=O) groups is 2. The van der Waals surface area contributed by atoms with Gasteiger partial charge in [-0.1, -0.05) is 42.8 Å². The molecule has 0 aliphatic heterocycles. The highest BCUT2D eigenvalue weighted by Gasteiger charge is 2.32. The number of carboxylic acid groups (broad SMARTS) is 1. The Kier molecular flexibility index (Phi) is 5.16. The Morgan fingerprint density at radius 3 is 2.40 bits per heavy atom. The van der Waals surface area contributed by atoms with Gasteiger partial charge in [0.1, 0.15) is 6.04 Å². The first-order chi connectivity index (χ1) is 9.11. The molecule has 0 saturated carbocycles. The van der Waals surface area contributed by atoms with Gasteiger partial charge in [0.25, 0.3) is 0 Å². The first-order valence-electron chi connectivity index (χ1n) is 6.17. The van der Waals surface area contributed by atoms with Gasteiger partial charge in [0, 0.05) is 10.2 Å². The molecule has 0 aliphatic rings. The number of urea groups is 1. The lowest BCUT2D eigenvalue weighted by atomic mass is 9.87. The van der Waals surface area contributed by atoms with Crippen molar-refractivity contribution in [2.75, 3.05) is 5.32 Å². The lowest BCUT2D eigenvalue weighted by Gasteiger charge is -2.27. The minimum atomic E-state index is -1.06. The van der Waals surface area contributed by atoms with E-state index < -0.39 is 23.5 Å². The summed E-state index contributed by atoms with van der Waals surface area (Å²) >= 11 is 3.33. The van der Waals surface area contributed by atoms with Gasteiger partial charge in [-0.2, -0.15) is 0 Å². The summed E-state index contributed by atoms with van der Waals surface area (Å²) in [5.41, 5.74) is 0.955. The molecule has 3 N–H and O–H groups in total. The summed E-state index contributed by atoms with van der Waals surface area (Å²) in [7, 11) is 0. The molecule has 2 amide bonds. The van der Waals surface area contributed by atoms with Gasteiger partial charge in [0.15, 0.2) is 0 Å². The molecule has 0 radical (unpaired) electrons. The maximum absolute atomic E-state index is 11.9. The molecule has 0 aromatic heterocycles. The summed E-state index contributed by atoms with van der Waals surface area (Å²) in [6.45, 7) is 7.14. The second-order valence-electron chi connectivity index (χ2n) is 5.69. The Hall–Kier alpha value is -1.56. The molecule has 0 saturated heterocycles. The third kappa shape index (κ3) is 4.52. The zero-order valence-electron chi connectivity index (χ0n) is 12.0. The molecule has 110 valence electrons. The monoisotopic (exact) mass is 342 g/mol. The van der Waals surface area contributed by atoms with E-state index in [0.29, 0.717) is 5.69 Å². The summed E-state index contributed by atoms with van der Waals surface area (Å²) in [5.74, 6) is -1.06. The van der Waals surface area contributed by atoms with Crippen molar-refractivity contribution in [3.63, 3.8) is 0 Å². The normalized spacial score (nSPS) is 12.7. The number of amides is 2. The van der Waals surface area contributed by atoms with E-state index in [9.17, 15) is 14.7 Å². The van der Waals surface area contributed by atoms with E-state index in [1.165, 1.54) is 0 Å². The number of nitrogens with one attached hydrogen (secondary N) is 2. The molecule has 0 heterocycles. The molecule has 20 heavy (non-hydrogen) atoms. The summed E-state index contributed by atoms with van der Waals surface area (Å²) in [4.78, 5) is 23.1. The van der Waals surface area contributed by atoms with Gasteiger partial charge >= 0.3 is 12.0 Å². The highest BCUT2D eigenvalue weighted by molar-refractivity contribution is 9.10. The van der Waals surface area contributed by atoms with Gasteiger partial charge in [-0.3, -0.25) is 0 Å². The zero-order valence-corrected chi connectivity index (χ0v) is 13.5. The highest BCUT2D eigenvalue weighted by atomic mass is 79.9. The Morgan fingerprint density at radius 2 is 1.90 bits per heavy atom. The van der Waals surface area contributed by atoms with E-state index in [-0.39, 0.29) is 0 Å². The SMILES string of the molecule is Cc1ccc(Br)cc1NC(=O)N[C@@H](C(=O)O)C(C)(C)C. The van der Waals surface area contributed by atoms with Gasteiger partial charge in [0.2, 0.25) is 0 Å². The number of hydrogen-bond acceptors (Lipinski definition) is 2. The van der Waals surface area contributed by atoms with Gasteiger partial charge < -0.3 is 15.7 Å². The van der Waals surface area contributed by atoms with Crippen molar-refractivity contribution in [1.82, 2.24) is 5.32 Å². The minimum Gasteiger partial charge on any atom is -0.480 e. The molecular weight excluding hydrogens is 324 g/mol. The van der Waals surface area contributed by atoms with Crippen molar-refractivity contribution in [2.24, 2.45) is 5.41 Å². The van der Waals surface area contributed by atoms with Crippen molar-refractivity contribution in [3.8, 4) is 0 Å². The number of benzene rings is 1. The fraction of sp³-hybridized carbons (Fsp3) is 0.429. The largest absolute Gasteiger partial charge is 0.480 e. The van der Waals surface area contributed by atoms with Crippen LogP contribution in [-0.2, 0) is 4.79 Å². The minimum absolute atomic E-state index is 0.534. The number of carbonyl (C=O) groups excluding carboxylic acids is 1. The lowest BCUT2D eigenvalue weighted by molar-refractivity contribution is -0.141. The molecule has 0 aliphatic carbocycles. The number of aliphatic carboxylic acids is 1. The number of carboxylic acids is 1. The van der Waals surface area contributed by atoms with Gasteiger partial charge in [-0.05, 0) is 30.0 Å². The molecule has 0 bridgehead atoms. The average Bonchev–Trinajstić information content (AvgIpc) is 2.29. The van der Waals surface area contributed by atoms with Crippen LogP contribution in [0.15, 0.2) is 22.7 Å². The number of halogens is 1. The predicted molar refractivity (Wildman–Crippen MR) is 81.9 cm³/mol. The molecule has 1 atom stereocenters. The standard InChI is InChI=1S/C14H19BrN2O3/c1-8-5-6-9(15)7-10(8)16-13(20)17-11(12(18)19)14(2,3)4/h5-7,11H,1-4H3,(H,18,19)(H2,16,17,20)/t11-/m0/s1. The zero-order chi connectivity index (χ0) is 15.5. The van der Waals surface area contributed by atoms with Crippen LogP contribution < -0.4 is 10.6 Å². The van der Waals surface area contributed by atoms with Crippen LogP contribution in [0.25, 0.3) is 0 Å². The van der Waals surface area contributed by atoms with Gasteiger partial charge in [0.05, 0.1) is 0 Å². The molecule has 6 heteroatoms. The molecule has 1 rings (SSSR count). The van der Waals surface area contributed by atoms with Crippen molar-refractivity contribution >= 4 is 33.6 Å². The van der Waals surface area contributed by atoms with Gasteiger partial charge in [-0.25, -0.2) is 9.59 Å². The van der Waals surface area contributed by atoms with Crippen LogP contribution in [0.4, 0.5) is 10.5 Å². The van der Waals surface area contributed by atoms with Crippen LogP contribution in [0.3, 0.4) is 0 Å². The van der Waals surface area contributed by atoms with Gasteiger partial charge in [-0.15, -0.1) is 0 Å². The third-order valence-electron chi connectivity index (χ3n) is 2.84. The number of hydrogen-bond donors (Lipinski definition) is 3. The molecule has 1 aromatic carbocycles. The first-order valence-corrected chi connectivity index (χ1v) is 6.97. The fourth-order valence-corrected chi connectivity index (χ4v) is 2.03. The van der Waals surface area contributed by atoms with E-state index in [1.807, 2.05) is 19.1 Å². The van der Waals surface area contributed by atoms with Crippen molar-refractivity contribution in [2.45, 2.75) is 33.7 Å². The summed E-state index contributed by atoms with van der Waals surface area (Å²) < 4.78 is 0.837. The molecule has 0 spiro atoms. The smallest absolute Gasteiger partial charge is 0.326 e. The molecular formula is C14H19BrN2O3. The van der Waals surface area contributed by atoms with Crippen molar-refractivity contribution in [3.05, 3.63) is 28.2 Å². The second-order valence-corrected chi connectivity index (χ2v) is 6.61. The van der Waals surface area contributed by atoms with Crippen LogP contribution in [-0.4, -0.2) is 23.1 Å². The lowest BCUT2D eigenvalue weighted by Crippen LogP contribution is -2.50. The summed E-state index contributed by atoms with van der Waals surface area (Å²) in [5, 5.41) is 14.3. The third-order valence-corrected chi connectivity index (χ3v) is 3.33.